The number of pyridine rings is 1. The second kappa shape index (κ2) is 7.45. The minimum Gasteiger partial charge on any atom is -0.337 e. The van der Waals surface area contributed by atoms with Gasteiger partial charge in [0.15, 0.2) is 15.5 Å². The largest absolute Gasteiger partial charge is 0.337 e. The second-order valence-corrected chi connectivity index (χ2v) is 10.2. The molecule has 1 N–H and O–H groups in total. The molecule has 1 aromatic carbocycles. The van der Waals surface area contributed by atoms with Crippen molar-refractivity contribution in [2.24, 2.45) is 5.92 Å². The Hall–Kier alpha value is -3.27. The summed E-state index contributed by atoms with van der Waals surface area (Å²) in [6.07, 6.45) is 1.81. The molecule has 1 aliphatic heterocycles. The molecule has 2 amide bonds. The molecule has 31 heavy (non-hydrogen) atoms. The molecule has 0 spiro atoms. The van der Waals surface area contributed by atoms with Gasteiger partial charge in [-0.2, -0.15) is 4.98 Å². The first-order valence-corrected chi connectivity index (χ1v) is 12.0. The number of aromatic nitrogens is 3. The van der Waals surface area contributed by atoms with Crippen LogP contribution in [0.1, 0.15) is 23.2 Å². The molecule has 10 heteroatoms. The fourth-order valence-electron chi connectivity index (χ4n) is 3.62. The van der Waals surface area contributed by atoms with E-state index in [1.165, 1.54) is 0 Å². The molecule has 0 radical (unpaired) electrons. The maximum absolute atomic E-state index is 12.7. The lowest BCUT2D eigenvalue weighted by atomic mass is 10.1. The molecule has 1 aliphatic carbocycles. The number of hydrogen-bond acceptors (Lipinski definition) is 6. The Morgan fingerprint density at radius 3 is 2.39 bits per heavy atom. The third-order valence-electron chi connectivity index (χ3n) is 5.60. The van der Waals surface area contributed by atoms with Crippen molar-refractivity contribution in [3.63, 3.8) is 0 Å². The summed E-state index contributed by atoms with van der Waals surface area (Å²) in [6, 6.07) is 12.7. The summed E-state index contributed by atoms with van der Waals surface area (Å²) in [4.78, 5) is 30.7. The molecule has 2 aliphatic rings. The van der Waals surface area contributed by atoms with Crippen LogP contribution in [0.4, 0.5) is 5.95 Å². The van der Waals surface area contributed by atoms with Crippen LogP contribution in [0.3, 0.4) is 0 Å². The van der Waals surface area contributed by atoms with E-state index < -0.39 is 9.84 Å². The predicted molar refractivity (Wildman–Crippen MR) is 114 cm³/mol. The van der Waals surface area contributed by atoms with E-state index >= 15 is 0 Å². The Morgan fingerprint density at radius 1 is 1.00 bits per heavy atom. The molecular weight excluding hydrogens is 418 g/mol. The van der Waals surface area contributed by atoms with Crippen molar-refractivity contribution in [2.75, 3.05) is 29.9 Å². The molecule has 1 saturated carbocycles. The molecule has 2 fully saturated rings. The van der Waals surface area contributed by atoms with Gasteiger partial charge in [-0.1, -0.05) is 18.2 Å². The van der Waals surface area contributed by atoms with Crippen LogP contribution in [0.25, 0.3) is 16.9 Å². The van der Waals surface area contributed by atoms with E-state index in [-0.39, 0.29) is 48.3 Å². The van der Waals surface area contributed by atoms with E-state index in [1.807, 2.05) is 30.3 Å². The third-order valence-corrected chi connectivity index (χ3v) is 7.21. The molecule has 3 heterocycles. The van der Waals surface area contributed by atoms with Crippen molar-refractivity contribution in [3.05, 3.63) is 48.0 Å². The Kier molecular flexibility index (Phi) is 4.73. The first-order valence-electron chi connectivity index (χ1n) is 10.2. The number of sulfone groups is 1. The fourth-order valence-corrected chi connectivity index (χ4v) is 4.82. The number of rotatable bonds is 4. The Bertz CT molecular complexity index is 1260. The van der Waals surface area contributed by atoms with Crippen molar-refractivity contribution in [2.45, 2.75) is 12.8 Å². The molecule has 0 unspecified atom stereocenters. The van der Waals surface area contributed by atoms with Crippen LogP contribution >= 0.6 is 0 Å². The van der Waals surface area contributed by atoms with Crippen LogP contribution < -0.4 is 5.32 Å². The van der Waals surface area contributed by atoms with Gasteiger partial charge in [-0.25, -0.2) is 12.9 Å². The summed E-state index contributed by atoms with van der Waals surface area (Å²) >= 11 is 0. The zero-order valence-corrected chi connectivity index (χ0v) is 17.5. The van der Waals surface area contributed by atoms with E-state index in [4.69, 9.17) is 0 Å². The number of amides is 2. The van der Waals surface area contributed by atoms with E-state index in [9.17, 15) is 18.0 Å². The zero-order valence-electron chi connectivity index (χ0n) is 16.7. The van der Waals surface area contributed by atoms with Crippen LogP contribution in [-0.4, -0.2) is 64.3 Å². The molecule has 3 aromatic rings. The highest BCUT2D eigenvalue weighted by molar-refractivity contribution is 7.91. The summed E-state index contributed by atoms with van der Waals surface area (Å²) < 4.78 is 24.8. The summed E-state index contributed by atoms with van der Waals surface area (Å²) in [5, 5.41) is 7.19. The summed E-state index contributed by atoms with van der Waals surface area (Å²) in [5.41, 5.74) is 2.73. The normalized spacial score (nSPS) is 18.1. The highest BCUT2D eigenvalue weighted by Gasteiger charge is 2.30. The lowest BCUT2D eigenvalue weighted by molar-refractivity contribution is -0.117. The van der Waals surface area contributed by atoms with Gasteiger partial charge in [0.25, 0.3) is 5.91 Å². The fraction of sp³-hybridized carbons (Fsp3) is 0.333. The van der Waals surface area contributed by atoms with Gasteiger partial charge in [-0.3, -0.25) is 14.9 Å². The molecule has 0 atom stereocenters. The van der Waals surface area contributed by atoms with E-state index in [0.717, 1.165) is 24.1 Å². The molecule has 5 rings (SSSR count). The van der Waals surface area contributed by atoms with Gasteiger partial charge in [0.05, 0.1) is 17.2 Å². The highest BCUT2D eigenvalue weighted by Crippen LogP contribution is 2.30. The summed E-state index contributed by atoms with van der Waals surface area (Å²) in [5.74, 6) is 0.124. The van der Waals surface area contributed by atoms with Crippen LogP contribution in [0.15, 0.2) is 42.5 Å². The van der Waals surface area contributed by atoms with Gasteiger partial charge in [0, 0.05) is 30.1 Å². The topological polar surface area (TPSA) is 114 Å². The van der Waals surface area contributed by atoms with Gasteiger partial charge in [0.2, 0.25) is 11.9 Å². The van der Waals surface area contributed by atoms with Crippen molar-refractivity contribution >= 4 is 33.2 Å². The first kappa shape index (κ1) is 19.7. The number of anilines is 1. The molecule has 0 bridgehead atoms. The van der Waals surface area contributed by atoms with Gasteiger partial charge >= 0.3 is 0 Å². The molecule has 2 aromatic heterocycles. The number of nitrogens with zero attached hydrogens (tertiary/aromatic N) is 4. The Morgan fingerprint density at radius 2 is 1.71 bits per heavy atom. The predicted octanol–water partition coefficient (Wildman–Crippen LogP) is 1.62. The van der Waals surface area contributed by atoms with Crippen molar-refractivity contribution in [1.82, 2.24) is 19.5 Å². The van der Waals surface area contributed by atoms with Crippen LogP contribution in [0.2, 0.25) is 0 Å². The Labute approximate surface area is 179 Å². The number of carbonyl (C=O) groups excluding carboxylic acids is 2. The average Bonchev–Trinajstić information content (AvgIpc) is 3.53. The smallest absolute Gasteiger partial charge is 0.253 e. The Balaban J connectivity index is 1.37. The molecule has 160 valence electrons. The van der Waals surface area contributed by atoms with E-state index in [2.05, 4.69) is 15.4 Å². The van der Waals surface area contributed by atoms with Crippen LogP contribution in [0.5, 0.6) is 0 Å². The van der Waals surface area contributed by atoms with Gasteiger partial charge in [-0.05, 0) is 37.1 Å². The number of benzene rings is 1. The van der Waals surface area contributed by atoms with E-state index in [1.54, 1.807) is 21.5 Å². The minimum absolute atomic E-state index is 0.00470. The SMILES string of the molecule is O=C(Nc1nc2cccc(-c3ccc(C(=O)N4CCS(=O)(=O)CC4)cc3)n2n1)C1CC1. The number of fused-ring (bicyclic) bond motifs is 1. The number of hydrogen-bond donors (Lipinski definition) is 1. The maximum atomic E-state index is 12.7. The van der Waals surface area contributed by atoms with Gasteiger partial charge in [0.1, 0.15) is 0 Å². The van der Waals surface area contributed by atoms with Crippen molar-refractivity contribution in [3.8, 4) is 11.3 Å². The lowest BCUT2D eigenvalue weighted by Gasteiger charge is -2.26. The van der Waals surface area contributed by atoms with Crippen molar-refractivity contribution < 1.29 is 18.0 Å². The third kappa shape index (κ3) is 4.02. The van der Waals surface area contributed by atoms with Gasteiger partial charge < -0.3 is 4.90 Å². The minimum atomic E-state index is -3.04. The molecular formula is C21H21N5O4S. The van der Waals surface area contributed by atoms with Gasteiger partial charge in [-0.15, -0.1) is 5.10 Å². The summed E-state index contributed by atoms with van der Waals surface area (Å²) in [7, 11) is -3.04. The molecule has 1 saturated heterocycles. The maximum Gasteiger partial charge on any atom is 0.253 e. The van der Waals surface area contributed by atoms with Crippen LogP contribution in [-0.2, 0) is 14.6 Å². The zero-order chi connectivity index (χ0) is 21.6. The second-order valence-electron chi connectivity index (χ2n) is 7.90. The monoisotopic (exact) mass is 439 g/mol. The van der Waals surface area contributed by atoms with E-state index in [0.29, 0.717) is 11.2 Å². The lowest BCUT2D eigenvalue weighted by Crippen LogP contribution is -2.43. The van der Waals surface area contributed by atoms with Crippen LogP contribution in [0, 0.1) is 5.92 Å². The average molecular weight is 439 g/mol. The number of carbonyl (C=O) groups is 2. The number of nitrogens with one attached hydrogen (secondary N) is 1. The quantitative estimate of drug-likeness (QED) is 0.661. The molecule has 9 nitrogen and oxygen atoms in total. The standard InChI is InChI=1S/C21H21N5O4S/c27-19(15-6-7-15)23-21-22-18-3-1-2-17(26(18)24-21)14-4-8-16(9-5-14)20(28)25-10-12-31(29,30)13-11-25/h1-5,8-9,15H,6-7,10-13H2,(H,23,24,27). The summed E-state index contributed by atoms with van der Waals surface area (Å²) in [6.45, 7) is 0.438. The van der Waals surface area contributed by atoms with Crippen molar-refractivity contribution in [1.29, 1.82) is 0 Å². The first-order chi connectivity index (χ1) is 14.9. The highest BCUT2D eigenvalue weighted by atomic mass is 32.2.